The van der Waals surface area contributed by atoms with E-state index in [1.165, 1.54) is 11.3 Å². The number of carbonyl (C=O) groups excluding carboxylic acids is 2. The largest absolute Gasteiger partial charge is 0.487 e. The quantitative estimate of drug-likeness (QED) is 0.706. The SMILES string of the molecule is Cc1cc(OC2CN(C(=O)OC(C)C)C2)cc(C(=O)Cc2nc(C)cs2)n1. The van der Waals surface area contributed by atoms with E-state index in [9.17, 15) is 9.59 Å². The minimum atomic E-state index is -0.328. The number of amides is 1. The lowest BCUT2D eigenvalue weighted by Gasteiger charge is -2.38. The third-order valence-electron chi connectivity index (χ3n) is 3.94. The molecule has 7 nitrogen and oxygen atoms in total. The summed E-state index contributed by atoms with van der Waals surface area (Å²) in [6.07, 6.45) is -0.357. The summed E-state index contributed by atoms with van der Waals surface area (Å²) in [6, 6.07) is 3.45. The lowest BCUT2D eigenvalue weighted by atomic mass is 10.1. The van der Waals surface area contributed by atoms with E-state index in [1.807, 2.05) is 33.1 Å². The molecule has 144 valence electrons. The molecule has 0 radical (unpaired) electrons. The van der Waals surface area contributed by atoms with Crippen LogP contribution in [0.2, 0.25) is 0 Å². The van der Waals surface area contributed by atoms with Crippen molar-refractivity contribution in [1.82, 2.24) is 14.9 Å². The molecule has 1 aliphatic rings. The van der Waals surface area contributed by atoms with Crippen molar-refractivity contribution in [2.75, 3.05) is 13.1 Å². The molecule has 1 fully saturated rings. The molecular formula is C19H23N3O4S. The van der Waals surface area contributed by atoms with Crippen LogP contribution >= 0.6 is 11.3 Å². The number of carbonyl (C=O) groups is 2. The molecule has 0 unspecified atom stereocenters. The summed E-state index contributed by atoms with van der Waals surface area (Å²) >= 11 is 1.47. The summed E-state index contributed by atoms with van der Waals surface area (Å²) in [5.41, 5.74) is 1.99. The second-order valence-electron chi connectivity index (χ2n) is 6.89. The number of hydrogen-bond acceptors (Lipinski definition) is 7. The molecule has 27 heavy (non-hydrogen) atoms. The molecule has 0 spiro atoms. The highest BCUT2D eigenvalue weighted by molar-refractivity contribution is 7.09. The van der Waals surface area contributed by atoms with Gasteiger partial charge < -0.3 is 14.4 Å². The first-order valence-corrected chi connectivity index (χ1v) is 9.73. The summed E-state index contributed by atoms with van der Waals surface area (Å²) in [5.74, 6) is 0.497. The van der Waals surface area contributed by atoms with Gasteiger partial charge in [-0.2, -0.15) is 0 Å². The predicted molar refractivity (Wildman–Crippen MR) is 101 cm³/mol. The summed E-state index contributed by atoms with van der Waals surface area (Å²) in [4.78, 5) is 34.6. The number of likely N-dealkylation sites (tertiary alicyclic amines) is 1. The Hall–Kier alpha value is -2.48. The zero-order valence-electron chi connectivity index (χ0n) is 15.9. The lowest BCUT2D eigenvalue weighted by molar-refractivity contribution is 0.00156. The molecule has 0 aliphatic carbocycles. The van der Waals surface area contributed by atoms with Crippen LogP contribution < -0.4 is 4.74 Å². The van der Waals surface area contributed by atoms with Gasteiger partial charge in [0, 0.05) is 28.9 Å². The zero-order valence-corrected chi connectivity index (χ0v) is 16.7. The smallest absolute Gasteiger partial charge is 0.410 e. The zero-order chi connectivity index (χ0) is 19.6. The van der Waals surface area contributed by atoms with Crippen molar-refractivity contribution in [3.05, 3.63) is 39.6 Å². The van der Waals surface area contributed by atoms with Crippen molar-refractivity contribution >= 4 is 23.2 Å². The summed E-state index contributed by atoms with van der Waals surface area (Å²) in [6.45, 7) is 8.29. The van der Waals surface area contributed by atoms with E-state index in [2.05, 4.69) is 9.97 Å². The average Bonchev–Trinajstić information content (AvgIpc) is 2.94. The van der Waals surface area contributed by atoms with Crippen molar-refractivity contribution in [3.63, 3.8) is 0 Å². The Kier molecular flexibility index (Phi) is 5.74. The van der Waals surface area contributed by atoms with Gasteiger partial charge >= 0.3 is 6.09 Å². The van der Waals surface area contributed by atoms with Crippen LogP contribution in [0.4, 0.5) is 4.79 Å². The van der Waals surface area contributed by atoms with Gasteiger partial charge in [0.25, 0.3) is 0 Å². The Morgan fingerprint density at radius 1 is 1.22 bits per heavy atom. The van der Waals surface area contributed by atoms with Crippen LogP contribution in [0.25, 0.3) is 0 Å². The number of thiazole rings is 1. The Morgan fingerprint density at radius 2 is 1.96 bits per heavy atom. The molecular weight excluding hydrogens is 366 g/mol. The normalized spacial score (nSPS) is 14.2. The van der Waals surface area contributed by atoms with Crippen LogP contribution in [0, 0.1) is 13.8 Å². The van der Waals surface area contributed by atoms with E-state index in [1.54, 1.807) is 17.0 Å². The summed E-state index contributed by atoms with van der Waals surface area (Å²) in [5, 5.41) is 2.70. The third kappa shape index (κ3) is 5.03. The topological polar surface area (TPSA) is 81.6 Å². The van der Waals surface area contributed by atoms with Gasteiger partial charge in [0.1, 0.15) is 22.6 Å². The fourth-order valence-corrected chi connectivity index (χ4v) is 3.46. The highest BCUT2D eigenvalue weighted by Crippen LogP contribution is 2.22. The van der Waals surface area contributed by atoms with Gasteiger partial charge in [0.15, 0.2) is 5.78 Å². The molecule has 1 amide bonds. The molecule has 0 bridgehead atoms. The molecule has 3 heterocycles. The van der Waals surface area contributed by atoms with Crippen LogP contribution in [-0.4, -0.2) is 52.0 Å². The monoisotopic (exact) mass is 389 g/mol. The van der Waals surface area contributed by atoms with E-state index in [-0.39, 0.29) is 30.5 Å². The molecule has 2 aromatic heterocycles. The van der Waals surface area contributed by atoms with Crippen molar-refractivity contribution in [3.8, 4) is 5.75 Å². The maximum Gasteiger partial charge on any atom is 0.410 e. The summed E-state index contributed by atoms with van der Waals surface area (Å²) in [7, 11) is 0. The van der Waals surface area contributed by atoms with Gasteiger partial charge in [-0.3, -0.25) is 4.79 Å². The number of hydrogen-bond donors (Lipinski definition) is 0. The second kappa shape index (κ2) is 8.04. The van der Waals surface area contributed by atoms with E-state index in [0.29, 0.717) is 30.2 Å². The van der Waals surface area contributed by atoms with E-state index < -0.39 is 0 Å². The number of nitrogens with zero attached hydrogens (tertiary/aromatic N) is 3. The number of aryl methyl sites for hydroxylation is 2. The number of Topliss-reactive ketones (excluding diaryl/α,β-unsaturated/α-hetero) is 1. The van der Waals surface area contributed by atoms with Crippen molar-refractivity contribution in [2.24, 2.45) is 0 Å². The fourth-order valence-electron chi connectivity index (χ4n) is 2.69. The number of pyridine rings is 1. The second-order valence-corrected chi connectivity index (χ2v) is 7.83. The van der Waals surface area contributed by atoms with Crippen LogP contribution in [0.15, 0.2) is 17.5 Å². The van der Waals surface area contributed by atoms with Crippen LogP contribution in [0.3, 0.4) is 0 Å². The van der Waals surface area contributed by atoms with Gasteiger partial charge in [-0.1, -0.05) is 0 Å². The van der Waals surface area contributed by atoms with E-state index in [0.717, 1.165) is 10.7 Å². The van der Waals surface area contributed by atoms with E-state index >= 15 is 0 Å². The Morgan fingerprint density at radius 3 is 2.59 bits per heavy atom. The molecule has 0 atom stereocenters. The number of ether oxygens (including phenoxy) is 2. The summed E-state index contributed by atoms with van der Waals surface area (Å²) < 4.78 is 11.1. The number of aromatic nitrogens is 2. The fraction of sp³-hybridized carbons (Fsp3) is 0.474. The Balaban J connectivity index is 1.59. The highest BCUT2D eigenvalue weighted by atomic mass is 32.1. The minimum Gasteiger partial charge on any atom is -0.487 e. The average molecular weight is 389 g/mol. The van der Waals surface area contributed by atoms with Gasteiger partial charge in [-0.05, 0) is 27.7 Å². The molecule has 2 aromatic rings. The first kappa shape index (κ1) is 19.3. The Labute approximate surface area is 162 Å². The maximum absolute atomic E-state index is 12.5. The molecule has 0 saturated carbocycles. The van der Waals surface area contributed by atoms with Crippen molar-refractivity contribution in [1.29, 1.82) is 0 Å². The van der Waals surface area contributed by atoms with Gasteiger partial charge in [0.2, 0.25) is 0 Å². The minimum absolute atomic E-state index is 0.0892. The van der Waals surface area contributed by atoms with Crippen LogP contribution in [0.5, 0.6) is 5.75 Å². The van der Waals surface area contributed by atoms with Crippen molar-refractivity contribution < 1.29 is 19.1 Å². The third-order valence-corrected chi connectivity index (χ3v) is 4.90. The molecule has 0 N–H and O–H groups in total. The Bertz CT molecular complexity index is 843. The molecule has 0 aromatic carbocycles. The molecule has 1 aliphatic heterocycles. The van der Waals surface area contributed by atoms with Crippen LogP contribution in [0.1, 0.15) is 40.7 Å². The van der Waals surface area contributed by atoms with Crippen LogP contribution in [-0.2, 0) is 11.2 Å². The standard InChI is InChI=1S/C19H23N3O4S/c1-11(2)25-19(24)22-8-15(9-22)26-14-5-12(3)20-16(6-14)17(23)7-18-21-13(4)10-27-18/h5-6,10-11,15H,7-9H2,1-4H3. The lowest BCUT2D eigenvalue weighted by Crippen LogP contribution is -2.56. The predicted octanol–water partition coefficient (Wildman–Crippen LogP) is 3.19. The van der Waals surface area contributed by atoms with E-state index in [4.69, 9.17) is 9.47 Å². The van der Waals surface area contributed by atoms with Crippen molar-refractivity contribution in [2.45, 2.75) is 46.3 Å². The van der Waals surface area contributed by atoms with Gasteiger partial charge in [0.05, 0.1) is 25.6 Å². The van der Waals surface area contributed by atoms with Gasteiger partial charge in [-0.25, -0.2) is 14.8 Å². The molecule has 8 heteroatoms. The molecule has 1 saturated heterocycles. The maximum atomic E-state index is 12.5. The highest BCUT2D eigenvalue weighted by Gasteiger charge is 2.34. The number of rotatable bonds is 6. The van der Waals surface area contributed by atoms with Gasteiger partial charge in [-0.15, -0.1) is 11.3 Å². The number of ketones is 1. The first-order chi connectivity index (χ1) is 12.8. The first-order valence-electron chi connectivity index (χ1n) is 8.85. The molecule has 3 rings (SSSR count).